The highest BCUT2D eigenvalue weighted by Gasteiger charge is 2.28. The number of pyridine rings is 1. The first-order valence-electron chi connectivity index (χ1n) is 7.57. The van der Waals surface area contributed by atoms with Gasteiger partial charge in [0.15, 0.2) is 5.69 Å². The lowest BCUT2D eigenvalue weighted by atomic mass is 10.1. The Hall–Kier alpha value is -3.00. The van der Waals surface area contributed by atoms with Crippen molar-refractivity contribution in [3.8, 4) is 11.5 Å². The van der Waals surface area contributed by atoms with Gasteiger partial charge >= 0.3 is 0 Å². The normalized spacial score (nSPS) is 13.8. The smallest absolute Gasteiger partial charge is 0.276 e. The lowest BCUT2D eigenvalue weighted by molar-refractivity contribution is 0.0722. The predicted molar refractivity (Wildman–Crippen MR) is 82.6 cm³/mol. The van der Waals surface area contributed by atoms with Gasteiger partial charge < -0.3 is 19.5 Å². The fraction of sp³-hybridized carbons (Fsp3) is 0.250. The Kier molecular flexibility index (Phi) is 3.58. The maximum atomic E-state index is 12.5. The Morgan fingerprint density at radius 1 is 1.38 bits per heavy atom. The number of carbonyl (C=O) groups excluding carboxylic acids is 1. The second-order valence-corrected chi connectivity index (χ2v) is 5.44. The molecule has 3 aromatic rings. The first-order chi connectivity index (χ1) is 11.7. The number of fused-ring (bicyclic) bond motifs is 1. The maximum absolute atomic E-state index is 12.5. The van der Waals surface area contributed by atoms with E-state index in [0.29, 0.717) is 31.3 Å². The lowest BCUT2D eigenvalue weighted by Gasteiger charge is -2.24. The van der Waals surface area contributed by atoms with Crippen molar-refractivity contribution in [2.45, 2.75) is 19.5 Å². The average molecular weight is 325 g/mol. The standard InChI is InChI=1S/C16H15N5O3/c17-6-14-19-12(9-23-14)16(22)21-5-3-13-11(8-21)20-15(24-13)10-2-1-4-18-7-10/h1-2,4,7,9H,3,5-6,8,17H2. The molecule has 2 N–H and O–H groups in total. The van der Waals surface area contributed by atoms with Crippen LogP contribution in [0.4, 0.5) is 0 Å². The van der Waals surface area contributed by atoms with Crippen LogP contribution in [-0.4, -0.2) is 32.3 Å². The summed E-state index contributed by atoms with van der Waals surface area (Å²) in [6.45, 7) is 1.08. The molecular formula is C16H15N5O3. The summed E-state index contributed by atoms with van der Waals surface area (Å²) in [5.41, 5.74) is 7.29. The monoisotopic (exact) mass is 325 g/mol. The zero-order valence-electron chi connectivity index (χ0n) is 12.8. The fourth-order valence-corrected chi connectivity index (χ4v) is 2.65. The molecule has 1 aliphatic heterocycles. The molecule has 0 radical (unpaired) electrons. The topological polar surface area (TPSA) is 111 Å². The van der Waals surface area contributed by atoms with E-state index >= 15 is 0 Å². The number of rotatable bonds is 3. The van der Waals surface area contributed by atoms with E-state index in [1.165, 1.54) is 6.26 Å². The zero-order chi connectivity index (χ0) is 16.5. The van der Waals surface area contributed by atoms with Gasteiger partial charge in [-0.05, 0) is 12.1 Å². The number of amides is 1. The maximum Gasteiger partial charge on any atom is 0.276 e. The molecule has 0 spiro atoms. The molecule has 3 aromatic heterocycles. The van der Waals surface area contributed by atoms with E-state index in [1.54, 1.807) is 17.3 Å². The first-order valence-corrected chi connectivity index (χ1v) is 7.57. The Morgan fingerprint density at radius 3 is 3.04 bits per heavy atom. The Balaban J connectivity index is 1.55. The largest absolute Gasteiger partial charge is 0.447 e. The van der Waals surface area contributed by atoms with Crippen molar-refractivity contribution in [3.05, 3.63) is 53.8 Å². The van der Waals surface area contributed by atoms with Crippen molar-refractivity contribution >= 4 is 5.91 Å². The van der Waals surface area contributed by atoms with Crippen molar-refractivity contribution in [2.24, 2.45) is 5.73 Å². The molecular weight excluding hydrogens is 310 g/mol. The molecule has 0 fully saturated rings. The van der Waals surface area contributed by atoms with Gasteiger partial charge in [-0.3, -0.25) is 9.78 Å². The summed E-state index contributed by atoms with van der Waals surface area (Å²) in [4.78, 5) is 26.8. The molecule has 24 heavy (non-hydrogen) atoms. The van der Waals surface area contributed by atoms with Gasteiger partial charge in [0.1, 0.15) is 17.7 Å². The summed E-state index contributed by atoms with van der Waals surface area (Å²) in [6, 6.07) is 3.71. The van der Waals surface area contributed by atoms with Crippen molar-refractivity contribution in [2.75, 3.05) is 6.54 Å². The minimum absolute atomic E-state index is 0.162. The molecule has 0 atom stereocenters. The highest BCUT2D eigenvalue weighted by atomic mass is 16.4. The van der Waals surface area contributed by atoms with Crippen LogP contribution in [0.5, 0.6) is 0 Å². The fourth-order valence-electron chi connectivity index (χ4n) is 2.65. The molecule has 0 saturated heterocycles. The molecule has 0 unspecified atom stereocenters. The van der Waals surface area contributed by atoms with Crippen molar-refractivity contribution < 1.29 is 13.6 Å². The van der Waals surface area contributed by atoms with E-state index in [4.69, 9.17) is 14.6 Å². The zero-order valence-corrected chi connectivity index (χ0v) is 12.8. The van der Waals surface area contributed by atoms with Crippen LogP contribution in [0.3, 0.4) is 0 Å². The van der Waals surface area contributed by atoms with Crippen LogP contribution in [0.2, 0.25) is 0 Å². The van der Waals surface area contributed by atoms with Crippen LogP contribution < -0.4 is 5.73 Å². The van der Waals surface area contributed by atoms with Crippen LogP contribution in [0, 0.1) is 0 Å². The number of nitrogens with zero attached hydrogens (tertiary/aromatic N) is 4. The molecule has 1 aliphatic rings. The van der Waals surface area contributed by atoms with Gasteiger partial charge in [0, 0.05) is 25.4 Å². The summed E-state index contributed by atoms with van der Waals surface area (Å²) >= 11 is 0. The van der Waals surface area contributed by atoms with E-state index in [0.717, 1.165) is 17.0 Å². The number of hydrogen-bond acceptors (Lipinski definition) is 7. The van der Waals surface area contributed by atoms with Crippen LogP contribution in [-0.2, 0) is 19.5 Å². The summed E-state index contributed by atoms with van der Waals surface area (Å²) in [5.74, 6) is 1.47. The number of hydrogen-bond donors (Lipinski definition) is 1. The van der Waals surface area contributed by atoms with Gasteiger partial charge in [-0.1, -0.05) is 0 Å². The SMILES string of the molecule is NCc1nc(C(=O)N2CCc3oc(-c4cccnc4)nc3C2)co1. The molecule has 0 aromatic carbocycles. The quantitative estimate of drug-likeness (QED) is 0.774. The van der Waals surface area contributed by atoms with E-state index < -0.39 is 0 Å². The van der Waals surface area contributed by atoms with Gasteiger partial charge in [0.05, 0.1) is 18.7 Å². The van der Waals surface area contributed by atoms with Crippen LogP contribution >= 0.6 is 0 Å². The molecule has 1 amide bonds. The second kappa shape index (κ2) is 5.89. The third-order valence-corrected chi connectivity index (χ3v) is 3.87. The molecule has 8 heteroatoms. The third-order valence-electron chi connectivity index (χ3n) is 3.87. The van der Waals surface area contributed by atoms with E-state index in [9.17, 15) is 4.79 Å². The summed E-state index contributed by atoms with van der Waals surface area (Å²) in [7, 11) is 0. The molecule has 4 heterocycles. The van der Waals surface area contributed by atoms with Crippen molar-refractivity contribution in [1.29, 1.82) is 0 Å². The van der Waals surface area contributed by atoms with Crippen molar-refractivity contribution in [1.82, 2.24) is 19.9 Å². The molecule has 8 nitrogen and oxygen atoms in total. The summed E-state index contributed by atoms with van der Waals surface area (Å²) in [6.07, 6.45) is 5.34. The number of aromatic nitrogens is 3. The third kappa shape index (κ3) is 2.56. The first kappa shape index (κ1) is 14.6. The number of nitrogens with two attached hydrogens (primary N) is 1. The van der Waals surface area contributed by atoms with Gasteiger partial charge in [0.25, 0.3) is 5.91 Å². The highest BCUT2D eigenvalue weighted by molar-refractivity contribution is 5.92. The average Bonchev–Trinajstić information content (AvgIpc) is 3.28. The van der Waals surface area contributed by atoms with Gasteiger partial charge in [-0.2, -0.15) is 0 Å². The molecule has 0 aliphatic carbocycles. The number of carbonyl (C=O) groups is 1. The van der Waals surface area contributed by atoms with Crippen molar-refractivity contribution in [3.63, 3.8) is 0 Å². The molecule has 0 bridgehead atoms. The van der Waals surface area contributed by atoms with E-state index in [-0.39, 0.29) is 18.1 Å². The van der Waals surface area contributed by atoms with Gasteiger partial charge in [-0.15, -0.1) is 0 Å². The van der Waals surface area contributed by atoms with E-state index in [1.807, 2.05) is 12.1 Å². The molecule has 122 valence electrons. The van der Waals surface area contributed by atoms with Gasteiger partial charge in [0.2, 0.25) is 11.8 Å². The summed E-state index contributed by atoms with van der Waals surface area (Å²) in [5, 5.41) is 0. The van der Waals surface area contributed by atoms with Crippen LogP contribution in [0.15, 0.2) is 39.6 Å². The Morgan fingerprint density at radius 2 is 2.29 bits per heavy atom. The summed E-state index contributed by atoms with van der Waals surface area (Å²) < 4.78 is 10.9. The predicted octanol–water partition coefficient (Wildman–Crippen LogP) is 1.38. The Labute approximate surface area is 137 Å². The molecule has 0 saturated carbocycles. The van der Waals surface area contributed by atoms with Crippen LogP contribution in [0.25, 0.3) is 11.5 Å². The molecule has 4 rings (SSSR count). The van der Waals surface area contributed by atoms with Gasteiger partial charge in [-0.25, -0.2) is 9.97 Å². The second-order valence-electron chi connectivity index (χ2n) is 5.44. The Bertz CT molecular complexity index is 871. The lowest BCUT2D eigenvalue weighted by Crippen LogP contribution is -2.36. The van der Waals surface area contributed by atoms with E-state index in [2.05, 4.69) is 15.0 Å². The van der Waals surface area contributed by atoms with Crippen LogP contribution in [0.1, 0.15) is 27.8 Å². The minimum atomic E-state index is -0.199. The number of oxazole rings is 2. The highest BCUT2D eigenvalue weighted by Crippen LogP contribution is 2.26. The minimum Gasteiger partial charge on any atom is -0.447 e.